The predicted molar refractivity (Wildman–Crippen MR) is 64.6 cm³/mol. The molecule has 1 aliphatic heterocycles. The maximum absolute atomic E-state index is 5.60. The van der Waals surface area contributed by atoms with E-state index in [1.54, 1.807) is 0 Å². The summed E-state index contributed by atoms with van der Waals surface area (Å²) in [7, 11) is 0. The number of nitrogens with one attached hydrogen (secondary N) is 1. The lowest BCUT2D eigenvalue weighted by atomic mass is 10.0. The van der Waals surface area contributed by atoms with Crippen LogP contribution >= 0.6 is 0 Å². The Kier molecular flexibility index (Phi) is 3.10. The Balaban J connectivity index is 2.30. The van der Waals surface area contributed by atoms with Crippen molar-refractivity contribution in [2.45, 2.75) is 25.8 Å². The minimum atomic E-state index is 0.128. The first kappa shape index (κ1) is 11.0. The van der Waals surface area contributed by atoms with Crippen LogP contribution in [0.15, 0.2) is 29.3 Å². The SMILES string of the molecule is CC(C)N=C(NN)C1COc2ccccc21. The molecule has 0 bridgehead atoms. The molecule has 0 aromatic heterocycles. The van der Waals surface area contributed by atoms with Crippen molar-refractivity contribution in [2.75, 3.05) is 6.61 Å². The summed E-state index contributed by atoms with van der Waals surface area (Å²) in [5.74, 6) is 7.37. The molecule has 0 spiro atoms. The highest BCUT2D eigenvalue weighted by Gasteiger charge is 2.27. The zero-order valence-electron chi connectivity index (χ0n) is 9.60. The van der Waals surface area contributed by atoms with Gasteiger partial charge in [-0.05, 0) is 19.9 Å². The van der Waals surface area contributed by atoms with Crippen molar-refractivity contribution in [1.29, 1.82) is 0 Å². The molecule has 0 amide bonds. The molecular weight excluding hydrogens is 202 g/mol. The highest BCUT2D eigenvalue weighted by molar-refractivity contribution is 5.90. The minimum Gasteiger partial charge on any atom is -0.492 e. The van der Waals surface area contributed by atoms with E-state index in [0.29, 0.717) is 6.61 Å². The summed E-state index contributed by atoms with van der Waals surface area (Å²) in [5, 5.41) is 0. The molecule has 4 heteroatoms. The van der Waals surface area contributed by atoms with Crippen LogP contribution in [0.25, 0.3) is 0 Å². The summed E-state index contributed by atoms with van der Waals surface area (Å²) in [6.45, 7) is 4.66. The Bertz CT molecular complexity index is 401. The maximum atomic E-state index is 5.60. The van der Waals surface area contributed by atoms with Gasteiger partial charge in [-0.2, -0.15) is 0 Å². The van der Waals surface area contributed by atoms with Gasteiger partial charge < -0.3 is 10.2 Å². The first-order valence-corrected chi connectivity index (χ1v) is 5.48. The number of fused-ring (bicyclic) bond motifs is 1. The van der Waals surface area contributed by atoms with E-state index in [-0.39, 0.29) is 12.0 Å². The largest absolute Gasteiger partial charge is 0.492 e. The molecule has 4 nitrogen and oxygen atoms in total. The van der Waals surface area contributed by atoms with E-state index in [4.69, 9.17) is 10.6 Å². The van der Waals surface area contributed by atoms with Gasteiger partial charge in [-0.3, -0.25) is 4.99 Å². The number of ether oxygens (including phenoxy) is 1. The molecule has 0 fully saturated rings. The molecule has 3 N–H and O–H groups in total. The molecule has 16 heavy (non-hydrogen) atoms. The molecule has 1 unspecified atom stereocenters. The monoisotopic (exact) mass is 219 g/mol. The molecule has 0 saturated carbocycles. The molecule has 86 valence electrons. The first-order chi connectivity index (χ1) is 7.72. The Labute approximate surface area is 95.5 Å². The van der Waals surface area contributed by atoms with Crippen molar-refractivity contribution in [3.05, 3.63) is 29.8 Å². The lowest BCUT2D eigenvalue weighted by Crippen LogP contribution is -2.36. The topological polar surface area (TPSA) is 59.6 Å². The fraction of sp³-hybridized carbons (Fsp3) is 0.417. The molecule has 2 rings (SSSR count). The third kappa shape index (κ3) is 2.02. The van der Waals surface area contributed by atoms with E-state index >= 15 is 0 Å². The normalized spacial score (nSPS) is 19.5. The fourth-order valence-corrected chi connectivity index (χ4v) is 1.89. The zero-order valence-corrected chi connectivity index (χ0v) is 9.60. The van der Waals surface area contributed by atoms with Gasteiger partial charge in [0.1, 0.15) is 18.2 Å². The molecule has 1 aromatic carbocycles. The van der Waals surface area contributed by atoms with Crippen LogP contribution in [-0.2, 0) is 0 Å². The second kappa shape index (κ2) is 4.53. The van der Waals surface area contributed by atoms with Gasteiger partial charge in [0.15, 0.2) is 0 Å². The molecule has 0 saturated heterocycles. The van der Waals surface area contributed by atoms with Gasteiger partial charge in [0.05, 0.1) is 5.92 Å². The third-order valence-electron chi connectivity index (χ3n) is 2.58. The van der Waals surface area contributed by atoms with Gasteiger partial charge in [0, 0.05) is 11.6 Å². The summed E-state index contributed by atoms with van der Waals surface area (Å²) in [6, 6.07) is 8.22. The number of hydrogen-bond donors (Lipinski definition) is 2. The van der Waals surface area contributed by atoms with Crippen LogP contribution in [0.3, 0.4) is 0 Å². The van der Waals surface area contributed by atoms with Crippen molar-refractivity contribution in [1.82, 2.24) is 5.43 Å². The van der Waals surface area contributed by atoms with Crippen molar-refractivity contribution in [3.8, 4) is 5.75 Å². The Morgan fingerprint density at radius 2 is 2.25 bits per heavy atom. The Morgan fingerprint density at radius 1 is 1.50 bits per heavy atom. The van der Waals surface area contributed by atoms with E-state index in [1.807, 2.05) is 32.0 Å². The van der Waals surface area contributed by atoms with Crippen molar-refractivity contribution in [3.63, 3.8) is 0 Å². The van der Waals surface area contributed by atoms with Crippen molar-refractivity contribution in [2.24, 2.45) is 10.8 Å². The number of para-hydroxylation sites is 1. The lowest BCUT2D eigenvalue weighted by Gasteiger charge is -2.13. The molecule has 1 heterocycles. The third-order valence-corrected chi connectivity index (χ3v) is 2.58. The van der Waals surface area contributed by atoms with E-state index in [1.165, 1.54) is 0 Å². The van der Waals surface area contributed by atoms with Gasteiger partial charge in [-0.25, -0.2) is 5.84 Å². The number of nitrogens with zero attached hydrogens (tertiary/aromatic N) is 1. The van der Waals surface area contributed by atoms with Crippen LogP contribution in [0, 0.1) is 0 Å². The molecule has 1 aromatic rings. The van der Waals surface area contributed by atoms with Crippen LogP contribution in [0.1, 0.15) is 25.3 Å². The molecule has 1 atom stereocenters. The maximum Gasteiger partial charge on any atom is 0.123 e. The second-order valence-corrected chi connectivity index (χ2v) is 4.15. The number of hydrogen-bond acceptors (Lipinski definition) is 3. The molecule has 0 aliphatic carbocycles. The first-order valence-electron chi connectivity index (χ1n) is 5.48. The Morgan fingerprint density at radius 3 is 2.94 bits per heavy atom. The van der Waals surface area contributed by atoms with Crippen LogP contribution in [-0.4, -0.2) is 18.5 Å². The molecular formula is C12H17N3O. The van der Waals surface area contributed by atoms with Crippen LogP contribution < -0.4 is 16.0 Å². The van der Waals surface area contributed by atoms with Gasteiger partial charge in [0.25, 0.3) is 0 Å². The summed E-state index contributed by atoms with van der Waals surface area (Å²) in [5.41, 5.74) is 3.84. The van der Waals surface area contributed by atoms with Gasteiger partial charge in [-0.1, -0.05) is 18.2 Å². The standard InChI is InChI=1S/C12H17N3O/c1-8(2)14-12(15-13)10-7-16-11-6-4-3-5-9(10)11/h3-6,8,10H,7,13H2,1-2H3,(H,14,15). The second-order valence-electron chi connectivity index (χ2n) is 4.15. The van der Waals surface area contributed by atoms with E-state index < -0.39 is 0 Å². The van der Waals surface area contributed by atoms with E-state index in [9.17, 15) is 0 Å². The number of hydrazine groups is 1. The fourth-order valence-electron chi connectivity index (χ4n) is 1.89. The number of nitrogens with two attached hydrogens (primary N) is 1. The summed E-state index contributed by atoms with van der Waals surface area (Å²) in [4.78, 5) is 4.48. The zero-order chi connectivity index (χ0) is 11.5. The van der Waals surface area contributed by atoms with Crippen LogP contribution in [0.4, 0.5) is 0 Å². The number of aliphatic imine (C=N–C) groups is 1. The van der Waals surface area contributed by atoms with E-state index in [0.717, 1.165) is 17.1 Å². The average Bonchev–Trinajstić information content (AvgIpc) is 2.69. The summed E-state index contributed by atoms with van der Waals surface area (Å²) in [6.07, 6.45) is 0. The molecule has 0 radical (unpaired) electrons. The number of amidine groups is 1. The lowest BCUT2D eigenvalue weighted by molar-refractivity contribution is 0.348. The molecule has 1 aliphatic rings. The summed E-state index contributed by atoms with van der Waals surface area (Å²) < 4.78 is 5.60. The predicted octanol–water partition coefficient (Wildman–Crippen LogP) is 1.43. The highest BCUT2D eigenvalue weighted by Crippen LogP contribution is 2.33. The Hall–Kier alpha value is -1.55. The van der Waals surface area contributed by atoms with Gasteiger partial charge in [0.2, 0.25) is 0 Å². The van der Waals surface area contributed by atoms with Gasteiger partial charge in [-0.15, -0.1) is 0 Å². The minimum absolute atomic E-state index is 0.128. The van der Waals surface area contributed by atoms with Crippen molar-refractivity contribution >= 4 is 5.84 Å². The van der Waals surface area contributed by atoms with Crippen LogP contribution in [0.2, 0.25) is 0 Å². The average molecular weight is 219 g/mol. The number of rotatable bonds is 2. The summed E-state index contributed by atoms with van der Waals surface area (Å²) >= 11 is 0. The number of benzene rings is 1. The quantitative estimate of drug-likeness (QED) is 0.342. The highest BCUT2D eigenvalue weighted by atomic mass is 16.5. The van der Waals surface area contributed by atoms with Gasteiger partial charge >= 0.3 is 0 Å². The van der Waals surface area contributed by atoms with Crippen molar-refractivity contribution < 1.29 is 4.74 Å². The van der Waals surface area contributed by atoms with Crippen LogP contribution in [0.5, 0.6) is 5.75 Å². The smallest absolute Gasteiger partial charge is 0.123 e. The van der Waals surface area contributed by atoms with E-state index in [2.05, 4.69) is 16.5 Å².